The Hall–Kier alpha value is -1.14. The van der Waals surface area contributed by atoms with Gasteiger partial charge in [0.2, 0.25) is 5.91 Å². The summed E-state index contributed by atoms with van der Waals surface area (Å²) >= 11 is 0. The van der Waals surface area contributed by atoms with E-state index in [-0.39, 0.29) is 5.91 Å². The number of anilines is 1. The van der Waals surface area contributed by atoms with E-state index in [1.54, 1.807) is 6.33 Å². The Balaban J connectivity index is 1.43. The van der Waals surface area contributed by atoms with Gasteiger partial charge in [-0.3, -0.25) is 4.79 Å². The maximum Gasteiger partial charge on any atom is 0.224 e. The quantitative estimate of drug-likeness (QED) is 0.634. The van der Waals surface area contributed by atoms with Gasteiger partial charge >= 0.3 is 0 Å². The summed E-state index contributed by atoms with van der Waals surface area (Å²) in [6.07, 6.45) is 7.07. The molecule has 0 radical (unpaired) electrons. The minimum Gasteiger partial charge on any atom is -0.334 e. The first-order valence-electron chi connectivity index (χ1n) is 7.71. The van der Waals surface area contributed by atoms with Gasteiger partial charge in [-0.05, 0) is 37.5 Å². The fourth-order valence-corrected chi connectivity index (χ4v) is 5.69. The topological polar surface area (TPSA) is 46.9 Å². The Morgan fingerprint density at radius 3 is 3.18 bits per heavy atom. The van der Waals surface area contributed by atoms with E-state index in [9.17, 15) is 4.79 Å². The number of hydrogen-bond donors (Lipinski definition) is 1. The van der Waals surface area contributed by atoms with E-state index in [0.29, 0.717) is 6.42 Å². The largest absolute Gasteiger partial charge is 0.334 e. The van der Waals surface area contributed by atoms with Crippen molar-refractivity contribution in [3.63, 3.8) is 0 Å². The molecule has 2 aromatic rings. The van der Waals surface area contributed by atoms with Crippen molar-refractivity contribution in [1.82, 2.24) is 9.55 Å². The summed E-state index contributed by atoms with van der Waals surface area (Å²) in [5, 5.41) is 3.78. The Labute approximate surface area is 138 Å². The van der Waals surface area contributed by atoms with Gasteiger partial charge in [0.05, 0.1) is 17.4 Å². The summed E-state index contributed by atoms with van der Waals surface area (Å²) in [4.78, 5) is 16.3. The Morgan fingerprint density at radius 1 is 1.45 bits per heavy atom. The van der Waals surface area contributed by atoms with Crippen LogP contribution in [-0.2, 0) is 11.8 Å². The predicted octanol–water partition coefficient (Wildman–Crippen LogP) is 4.23. The average molecular weight is 335 g/mol. The highest BCUT2D eigenvalue weighted by atomic mass is 33.1. The molecule has 1 unspecified atom stereocenters. The molecule has 3 rings (SSSR count). The molecule has 0 bridgehead atoms. The van der Waals surface area contributed by atoms with Crippen LogP contribution >= 0.6 is 21.6 Å². The van der Waals surface area contributed by atoms with Gasteiger partial charge in [-0.15, -0.1) is 0 Å². The molecule has 6 heteroatoms. The zero-order valence-corrected chi connectivity index (χ0v) is 14.4. The molecule has 0 aliphatic carbocycles. The molecule has 1 atom stereocenters. The highest BCUT2D eigenvalue weighted by molar-refractivity contribution is 8.77. The van der Waals surface area contributed by atoms with Gasteiger partial charge < -0.3 is 9.88 Å². The summed E-state index contributed by atoms with van der Waals surface area (Å²) in [5.74, 6) is 1.38. The molecule has 1 aromatic heterocycles. The predicted molar refractivity (Wildman–Crippen MR) is 96.3 cm³/mol. The zero-order chi connectivity index (χ0) is 15.4. The third-order valence-electron chi connectivity index (χ3n) is 3.92. The van der Waals surface area contributed by atoms with Crippen LogP contribution in [-0.4, -0.2) is 26.5 Å². The molecule has 4 nitrogen and oxygen atoms in total. The van der Waals surface area contributed by atoms with Crippen LogP contribution in [0.5, 0.6) is 0 Å². The monoisotopic (exact) mass is 335 g/mol. The highest BCUT2D eigenvalue weighted by Gasteiger charge is 2.15. The Morgan fingerprint density at radius 2 is 2.36 bits per heavy atom. The fraction of sp³-hybridized carbons (Fsp3) is 0.500. The van der Waals surface area contributed by atoms with Crippen molar-refractivity contribution in [2.24, 2.45) is 7.05 Å². The molecule has 0 saturated carbocycles. The molecule has 0 spiro atoms. The molecule has 2 heterocycles. The van der Waals surface area contributed by atoms with Crippen LogP contribution in [0.1, 0.15) is 32.1 Å². The van der Waals surface area contributed by atoms with Crippen LogP contribution in [0, 0.1) is 0 Å². The van der Waals surface area contributed by atoms with Crippen LogP contribution in [0.2, 0.25) is 0 Å². The second-order valence-corrected chi connectivity index (χ2v) is 8.47. The molecule has 1 aromatic carbocycles. The van der Waals surface area contributed by atoms with Crippen molar-refractivity contribution in [2.75, 3.05) is 11.1 Å². The third-order valence-corrected chi connectivity index (χ3v) is 6.92. The normalized spacial score (nSPS) is 18.0. The second kappa shape index (κ2) is 7.42. The number of imidazole rings is 1. The van der Waals surface area contributed by atoms with E-state index in [2.05, 4.69) is 10.3 Å². The van der Waals surface area contributed by atoms with Gasteiger partial charge in [0.1, 0.15) is 0 Å². The van der Waals surface area contributed by atoms with Crippen molar-refractivity contribution in [3.05, 3.63) is 24.5 Å². The number of carbonyl (C=O) groups is 1. The van der Waals surface area contributed by atoms with Gasteiger partial charge in [0.25, 0.3) is 0 Å². The summed E-state index contributed by atoms with van der Waals surface area (Å²) in [6, 6.07) is 5.86. The number of unbranched alkanes of at least 4 members (excludes halogenated alkanes) is 1. The number of nitrogens with zero attached hydrogens (tertiary/aromatic N) is 2. The average Bonchev–Trinajstić information content (AvgIpc) is 3.14. The standard InChI is InChI=1S/C16H21N3OS2/c1-19-11-17-14-10-12(6-7-15(14)19)18-16(20)5-3-2-4-13-8-9-21-22-13/h6-7,10-11,13H,2-5,8-9H2,1H3,(H,18,20). The van der Waals surface area contributed by atoms with Crippen LogP contribution < -0.4 is 5.32 Å². The minimum atomic E-state index is 0.101. The minimum absolute atomic E-state index is 0.101. The number of aryl methyl sites for hydroxylation is 1. The second-order valence-electron chi connectivity index (χ2n) is 5.68. The van der Waals surface area contributed by atoms with Crippen LogP contribution in [0.15, 0.2) is 24.5 Å². The van der Waals surface area contributed by atoms with Crippen LogP contribution in [0.3, 0.4) is 0 Å². The lowest BCUT2D eigenvalue weighted by molar-refractivity contribution is -0.116. The summed E-state index contributed by atoms with van der Waals surface area (Å²) in [5.41, 5.74) is 2.82. The summed E-state index contributed by atoms with van der Waals surface area (Å²) in [6.45, 7) is 0. The molecule has 1 fully saturated rings. The molecule has 1 amide bonds. The molecule has 1 N–H and O–H groups in total. The Bertz CT molecular complexity index is 650. The van der Waals surface area contributed by atoms with Crippen LogP contribution in [0.4, 0.5) is 5.69 Å². The lowest BCUT2D eigenvalue weighted by Crippen LogP contribution is -2.11. The van der Waals surface area contributed by atoms with Crippen LogP contribution in [0.25, 0.3) is 11.0 Å². The molecular formula is C16H21N3OS2. The fourth-order valence-electron chi connectivity index (χ4n) is 2.66. The molecule has 22 heavy (non-hydrogen) atoms. The number of benzene rings is 1. The van der Waals surface area contributed by atoms with Gasteiger partial charge in [-0.25, -0.2) is 4.98 Å². The van der Waals surface area contributed by atoms with Gasteiger partial charge in [-0.2, -0.15) is 0 Å². The van der Waals surface area contributed by atoms with Gasteiger partial charge in [0.15, 0.2) is 0 Å². The highest BCUT2D eigenvalue weighted by Crippen LogP contribution is 2.39. The van der Waals surface area contributed by atoms with Gasteiger partial charge in [0, 0.05) is 30.2 Å². The third kappa shape index (κ3) is 3.98. The van der Waals surface area contributed by atoms with E-state index in [4.69, 9.17) is 0 Å². The number of fused-ring (bicyclic) bond motifs is 1. The first-order valence-corrected chi connectivity index (χ1v) is 10.1. The summed E-state index contributed by atoms with van der Waals surface area (Å²) < 4.78 is 1.97. The molecule has 118 valence electrons. The van der Waals surface area contributed by atoms with Gasteiger partial charge in [-0.1, -0.05) is 28.0 Å². The van der Waals surface area contributed by atoms with Crippen molar-refractivity contribution in [2.45, 2.75) is 37.4 Å². The van der Waals surface area contributed by atoms with Crippen molar-refractivity contribution in [1.29, 1.82) is 0 Å². The maximum atomic E-state index is 12.0. The lowest BCUT2D eigenvalue weighted by Gasteiger charge is -2.08. The number of nitrogens with one attached hydrogen (secondary N) is 1. The number of rotatable bonds is 6. The lowest BCUT2D eigenvalue weighted by atomic mass is 10.1. The van der Waals surface area contributed by atoms with Crippen molar-refractivity contribution in [3.8, 4) is 0 Å². The number of hydrogen-bond acceptors (Lipinski definition) is 4. The summed E-state index contributed by atoms with van der Waals surface area (Å²) in [7, 11) is 5.96. The van der Waals surface area contributed by atoms with E-state index in [0.717, 1.165) is 34.8 Å². The number of amides is 1. The SMILES string of the molecule is Cn1cnc2cc(NC(=O)CCCCC3CCSS3)ccc21. The van der Waals surface area contributed by atoms with E-state index in [1.807, 2.05) is 51.4 Å². The van der Waals surface area contributed by atoms with Crippen molar-refractivity contribution >= 4 is 44.2 Å². The number of aromatic nitrogens is 2. The Kier molecular flexibility index (Phi) is 5.31. The maximum absolute atomic E-state index is 12.0. The van der Waals surface area contributed by atoms with E-state index in [1.165, 1.54) is 18.6 Å². The molecule has 1 aliphatic rings. The molecular weight excluding hydrogens is 314 g/mol. The van der Waals surface area contributed by atoms with E-state index < -0.39 is 0 Å². The van der Waals surface area contributed by atoms with Crippen molar-refractivity contribution < 1.29 is 4.79 Å². The van der Waals surface area contributed by atoms with E-state index >= 15 is 0 Å². The first kappa shape index (κ1) is 15.7. The molecule has 1 aliphatic heterocycles. The first-order chi connectivity index (χ1) is 10.7. The zero-order valence-electron chi connectivity index (χ0n) is 12.7. The number of carbonyl (C=O) groups excluding carboxylic acids is 1. The molecule has 1 saturated heterocycles. The smallest absolute Gasteiger partial charge is 0.224 e.